The van der Waals surface area contributed by atoms with Crippen LogP contribution < -0.4 is 5.32 Å². The molecule has 1 N–H and O–H groups in total. The second-order valence-corrected chi connectivity index (χ2v) is 6.66. The van der Waals surface area contributed by atoms with E-state index in [0.29, 0.717) is 25.3 Å². The summed E-state index contributed by atoms with van der Waals surface area (Å²) in [5.41, 5.74) is 1.69. The molecule has 1 saturated heterocycles. The van der Waals surface area contributed by atoms with Gasteiger partial charge in [0.25, 0.3) is 5.69 Å². The molecule has 0 aliphatic carbocycles. The van der Waals surface area contributed by atoms with Gasteiger partial charge in [0, 0.05) is 43.4 Å². The molecule has 0 aromatic heterocycles. The summed E-state index contributed by atoms with van der Waals surface area (Å²) < 4.78 is 5.51. The van der Waals surface area contributed by atoms with E-state index in [1.807, 2.05) is 18.2 Å². The van der Waals surface area contributed by atoms with Gasteiger partial charge in [-0.1, -0.05) is 42.5 Å². The zero-order valence-electron chi connectivity index (χ0n) is 15.0. The van der Waals surface area contributed by atoms with Gasteiger partial charge in [-0.3, -0.25) is 14.9 Å². The van der Waals surface area contributed by atoms with E-state index in [2.05, 4.69) is 17.4 Å². The number of ether oxygens (including phenoxy) is 1. The molecule has 0 unspecified atom stereocenters. The number of nitro groups is 1. The maximum atomic E-state index is 12.3. The predicted molar refractivity (Wildman–Crippen MR) is 103 cm³/mol. The van der Waals surface area contributed by atoms with Crippen molar-refractivity contribution in [3.8, 4) is 0 Å². The smallest absolute Gasteiger partial charge is 0.270 e. The van der Waals surface area contributed by atoms with E-state index in [1.54, 1.807) is 18.2 Å². The number of rotatable bonds is 6. The number of hydrogen-bond acceptors (Lipinski definition) is 4. The molecule has 0 radical (unpaired) electrons. The molecular formula is C21H22N2O4. The fraction of sp³-hybridized carbons (Fsp3) is 0.286. The van der Waals surface area contributed by atoms with Crippen molar-refractivity contribution in [1.29, 1.82) is 0 Å². The summed E-state index contributed by atoms with van der Waals surface area (Å²) in [5, 5.41) is 13.8. The standard InChI is InChI=1S/C21H22N2O4/c24-20(10-9-17-5-4-8-19(15-17)23(25)26)22-16-21(11-13-27-14-12-21)18-6-2-1-3-7-18/h1-10,15H,11-14,16H2,(H,22,24)/b10-9+. The lowest BCUT2D eigenvalue weighted by molar-refractivity contribution is -0.384. The Labute approximate surface area is 158 Å². The molecule has 1 fully saturated rings. The van der Waals surface area contributed by atoms with Crippen LogP contribution in [-0.4, -0.2) is 30.6 Å². The first-order valence-electron chi connectivity index (χ1n) is 8.93. The molecule has 2 aromatic rings. The zero-order valence-corrected chi connectivity index (χ0v) is 15.0. The lowest BCUT2D eigenvalue weighted by Gasteiger charge is -2.37. The van der Waals surface area contributed by atoms with Crippen LogP contribution in [-0.2, 0) is 14.9 Å². The summed E-state index contributed by atoms with van der Waals surface area (Å²) in [7, 11) is 0. The largest absolute Gasteiger partial charge is 0.381 e. The van der Waals surface area contributed by atoms with E-state index in [1.165, 1.54) is 23.8 Å². The fourth-order valence-electron chi connectivity index (χ4n) is 3.35. The van der Waals surface area contributed by atoms with Crippen LogP contribution in [0.4, 0.5) is 5.69 Å². The van der Waals surface area contributed by atoms with Crippen LogP contribution in [0.15, 0.2) is 60.7 Å². The second-order valence-electron chi connectivity index (χ2n) is 6.66. The van der Waals surface area contributed by atoms with Crippen molar-refractivity contribution >= 4 is 17.7 Å². The van der Waals surface area contributed by atoms with Gasteiger partial charge in [0.05, 0.1) is 4.92 Å². The Morgan fingerprint density at radius 3 is 2.59 bits per heavy atom. The van der Waals surface area contributed by atoms with Gasteiger partial charge in [0.15, 0.2) is 0 Å². The number of non-ortho nitro benzene ring substituents is 1. The third-order valence-corrected chi connectivity index (χ3v) is 4.95. The molecule has 1 aliphatic heterocycles. The summed E-state index contributed by atoms with van der Waals surface area (Å²) in [4.78, 5) is 22.7. The van der Waals surface area contributed by atoms with Crippen LogP contribution in [0.3, 0.4) is 0 Å². The second kappa shape index (κ2) is 8.60. The number of hydrogen-bond donors (Lipinski definition) is 1. The third-order valence-electron chi connectivity index (χ3n) is 4.95. The average Bonchev–Trinajstić information content (AvgIpc) is 2.72. The van der Waals surface area contributed by atoms with Gasteiger partial charge >= 0.3 is 0 Å². The first kappa shape index (κ1) is 18.8. The Hall–Kier alpha value is -2.99. The predicted octanol–water partition coefficient (Wildman–Crippen LogP) is 3.47. The van der Waals surface area contributed by atoms with Gasteiger partial charge < -0.3 is 10.1 Å². The minimum Gasteiger partial charge on any atom is -0.381 e. The van der Waals surface area contributed by atoms with Gasteiger partial charge in [-0.05, 0) is 30.0 Å². The molecule has 140 valence electrons. The molecule has 27 heavy (non-hydrogen) atoms. The highest BCUT2D eigenvalue weighted by atomic mass is 16.6. The highest BCUT2D eigenvalue weighted by molar-refractivity contribution is 5.91. The summed E-state index contributed by atoms with van der Waals surface area (Å²) in [6, 6.07) is 16.4. The van der Waals surface area contributed by atoms with Gasteiger partial charge in [-0.2, -0.15) is 0 Å². The summed E-state index contributed by atoms with van der Waals surface area (Å²) in [5.74, 6) is -0.219. The van der Waals surface area contributed by atoms with E-state index in [-0.39, 0.29) is 17.0 Å². The Bertz CT molecular complexity index is 827. The average molecular weight is 366 g/mol. The minimum atomic E-state index is -0.452. The molecular weight excluding hydrogens is 344 g/mol. The molecule has 6 heteroatoms. The van der Waals surface area contributed by atoms with E-state index < -0.39 is 4.92 Å². The third kappa shape index (κ3) is 4.80. The van der Waals surface area contributed by atoms with Crippen LogP contribution >= 0.6 is 0 Å². The first-order valence-corrected chi connectivity index (χ1v) is 8.93. The SMILES string of the molecule is O=C(/C=C/c1cccc([N+](=O)[O-])c1)NCC1(c2ccccc2)CCOCC1. The highest BCUT2D eigenvalue weighted by Crippen LogP contribution is 2.34. The molecule has 0 spiro atoms. The van der Waals surface area contributed by atoms with Crippen LogP contribution in [0.1, 0.15) is 24.0 Å². The number of nitro benzene ring substituents is 1. The first-order chi connectivity index (χ1) is 13.1. The number of carbonyl (C=O) groups is 1. The number of nitrogens with one attached hydrogen (secondary N) is 1. The van der Waals surface area contributed by atoms with E-state index in [0.717, 1.165) is 12.8 Å². The molecule has 1 heterocycles. The van der Waals surface area contributed by atoms with Crippen molar-refractivity contribution in [2.75, 3.05) is 19.8 Å². The van der Waals surface area contributed by atoms with Crippen molar-refractivity contribution in [3.63, 3.8) is 0 Å². The van der Waals surface area contributed by atoms with Crippen molar-refractivity contribution in [3.05, 3.63) is 81.9 Å². The topological polar surface area (TPSA) is 81.5 Å². The number of benzene rings is 2. The number of amides is 1. The van der Waals surface area contributed by atoms with E-state index in [4.69, 9.17) is 4.74 Å². The highest BCUT2D eigenvalue weighted by Gasteiger charge is 2.34. The molecule has 0 saturated carbocycles. The van der Waals surface area contributed by atoms with Crippen LogP contribution in [0.25, 0.3) is 6.08 Å². The molecule has 1 aliphatic rings. The maximum Gasteiger partial charge on any atom is 0.270 e. The molecule has 0 atom stereocenters. The number of carbonyl (C=O) groups excluding carboxylic acids is 1. The van der Waals surface area contributed by atoms with Crippen molar-refractivity contribution in [2.45, 2.75) is 18.3 Å². The van der Waals surface area contributed by atoms with Gasteiger partial charge in [0.2, 0.25) is 5.91 Å². The van der Waals surface area contributed by atoms with Gasteiger partial charge in [-0.15, -0.1) is 0 Å². The summed E-state index contributed by atoms with van der Waals surface area (Å²) in [6.07, 6.45) is 4.70. The number of nitrogens with zero attached hydrogens (tertiary/aromatic N) is 1. The zero-order chi connectivity index (χ0) is 19.1. The van der Waals surface area contributed by atoms with Gasteiger partial charge in [0.1, 0.15) is 0 Å². The maximum absolute atomic E-state index is 12.3. The van der Waals surface area contributed by atoms with Gasteiger partial charge in [-0.25, -0.2) is 0 Å². The lowest BCUT2D eigenvalue weighted by Crippen LogP contribution is -2.44. The van der Waals surface area contributed by atoms with Crippen molar-refractivity contribution < 1.29 is 14.5 Å². The normalized spacial score (nSPS) is 16.1. The Balaban J connectivity index is 1.66. The minimum absolute atomic E-state index is 0.00259. The van der Waals surface area contributed by atoms with Crippen LogP contribution in [0.5, 0.6) is 0 Å². The van der Waals surface area contributed by atoms with E-state index >= 15 is 0 Å². The lowest BCUT2D eigenvalue weighted by atomic mass is 9.74. The van der Waals surface area contributed by atoms with Crippen molar-refractivity contribution in [2.24, 2.45) is 0 Å². The fourth-order valence-corrected chi connectivity index (χ4v) is 3.35. The summed E-state index contributed by atoms with van der Waals surface area (Å²) in [6.45, 7) is 1.88. The van der Waals surface area contributed by atoms with Crippen molar-refractivity contribution in [1.82, 2.24) is 5.32 Å². The molecule has 0 bridgehead atoms. The monoisotopic (exact) mass is 366 g/mol. The molecule has 1 amide bonds. The van der Waals surface area contributed by atoms with Crippen LogP contribution in [0.2, 0.25) is 0 Å². The Kier molecular flexibility index (Phi) is 5.98. The summed E-state index contributed by atoms with van der Waals surface area (Å²) >= 11 is 0. The molecule has 2 aromatic carbocycles. The Morgan fingerprint density at radius 2 is 1.89 bits per heavy atom. The molecule has 3 rings (SSSR count). The molecule has 6 nitrogen and oxygen atoms in total. The Morgan fingerprint density at radius 1 is 1.15 bits per heavy atom. The van der Waals surface area contributed by atoms with E-state index in [9.17, 15) is 14.9 Å². The quantitative estimate of drug-likeness (QED) is 0.482. The van der Waals surface area contributed by atoms with Crippen LogP contribution in [0, 0.1) is 10.1 Å².